The molecule has 0 bridgehead atoms. The minimum Gasteiger partial charge on any atom is -0.481 e. The summed E-state index contributed by atoms with van der Waals surface area (Å²) in [7, 11) is 1.92. The van der Waals surface area contributed by atoms with Gasteiger partial charge in [0.05, 0.1) is 11.6 Å². The van der Waals surface area contributed by atoms with Crippen LogP contribution < -0.4 is 5.32 Å². The van der Waals surface area contributed by atoms with Gasteiger partial charge in [0.25, 0.3) is 0 Å². The summed E-state index contributed by atoms with van der Waals surface area (Å²) >= 11 is 0. The number of nitrogens with one attached hydrogen (secondary N) is 1. The van der Waals surface area contributed by atoms with E-state index in [1.807, 2.05) is 32.5 Å². The molecule has 3 atom stereocenters. The fraction of sp³-hybridized carbons (Fsp3) is 0.706. The first-order chi connectivity index (χ1) is 10.8. The molecule has 1 aromatic heterocycles. The van der Waals surface area contributed by atoms with Crippen LogP contribution in [-0.2, 0) is 23.1 Å². The minimum atomic E-state index is -0.780. The molecule has 1 heterocycles. The Morgan fingerprint density at radius 2 is 2.00 bits per heavy atom. The molecule has 1 aliphatic carbocycles. The van der Waals surface area contributed by atoms with Crippen molar-refractivity contribution in [3.05, 3.63) is 17.0 Å². The number of hydrogen-bond donors (Lipinski definition) is 2. The van der Waals surface area contributed by atoms with E-state index in [4.69, 9.17) is 5.11 Å². The van der Waals surface area contributed by atoms with Crippen LogP contribution in [0.25, 0.3) is 0 Å². The first kappa shape index (κ1) is 17.5. The van der Waals surface area contributed by atoms with Gasteiger partial charge in [-0.2, -0.15) is 5.10 Å². The number of aliphatic carboxylic acids is 1. The molecule has 2 rings (SSSR count). The summed E-state index contributed by atoms with van der Waals surface area (Å²) in [6.07, 6.45) is 3.48. The van der Waals surface area contributed by atoms with Crippen LogP contribution in [0.4, 0.5) is 0 Å². The number of amides is 1. The molecule has 3 unspecified atom stereocenters. The van der Waals surface area contributed by atoms with E-state index in [9.17, 15) is 9.59 Å². The Morgan fingerprint density at radius 3 is 2.57 bits per heavy atom. The largest absolute Gasteiger partial charge is 0.481 e. The van der Waals surface area contributed by atoms with Gasteiger partial charge >= 0.3 is 5.97 Å². The van der Waals surface area contributed by atoms with Gasteiger partial charge < -0.3 is 10.4 Å². The van der Waals surface area contributed by atoms with Gasteiger partial charge in [0.1, 0.15) is 0 Å². The van der Waals surface area contributed by atoms with Crippen LogP contribution in [0.5, 0.6) is 0 Å². The lowest BCUT2D eigenvalue weighted by molar-refractivity contribution is -0.144. The Hall–Kier alpha value is -1.85. The number of carbonyl (C=O) groups excluding carboxylic acids is 1. The molecule has 0 aromatic carbocycles. The Kier molecular flexibility index (Phi) is 5.44. The molecular weight excluding hydrogens is 294 g/mol. The van der Waals surface area contributed by atoms with E-state index in [0.29, 0.717) is 12.8 Å². The quantitative estimate of drug-likeness (QED) is 0.868. The Morgan fingerprint density at radius 1 is 1.35 bits per heavy atom. The van der Waals surface area contributed by atoms with E-state index in [1.165, 1.54) is 5.56 Å². The summed E-state index contributed by atoms with van der Waals surface area (Å²) in [5.41, 5.74) is 3.29. The highest BCUT2D eigenvalue weighted by Crippen LogP contribution is 2.29. The highest BCUT2D eigenvalue weighted by atomic mass is 16.4. The number of carboxylic acid groups (broad SMARTS) is 1. The molecule has 1 aliphatic rings. The average molecular weight is 321 g/mol. The van der Waals surface area contributed by atoms with Crippen molar-refractivity contribution in [2.24, 2.45) is 18.9 Å². The summed E-state index contributed by atoms with van der Waals surface area (Å²) in [6, 6.07) is 0.00862. The molecule has 23 heavy (non-hydrogen) atoms. The fourth-order valence-electron chi connectivity index (χ4n) is 3.48. The zero-order chi connectivity index (χ0) is 17.1. The van der Waals surface area contributed by atoms with Crippen LogP contribution >= 0.6 is 0 Å². The van der Waals surface area contributed by atoms with Crippen LogP contribution in [0.15, 0.2) is 0 Å². The van der Waals surface area contributed by atoms with Gasteiger partial charge in [-0.1, -0.05) is 6.42 Å². The molecule has 1 fully saturated rings. The number of aryl methyl sites for hydroxylation is 2. The van der Waals surface area contributed by atoms with Crippen molar-refractivity contribution in [3.8, 4) is 0 Å². The average Bonchev–Trinajstić information content (AvgIpc) is 2.73. The van der Waals surface area contributed by atoms with Crippen molar-refractivity contribution in [3.63, 3.8) is 0 Å². The van der Waals surface area contributed by atoms with Gasteiger partial charge in [-0.05, 0) is 52.0 Å². The smallest absolute Gasteiger partial charge is 0.306 e. The topological polar surface area (TPSA) is 84.2 Å². The number of carbonyl (C=O) groups is 2. The van der Waals surface area contributed by atoms with Crippen LogP contribution in [0.1, 0.15) is 49.6 Å². The molecule has 6 nitrogen and oxygen atoms in total. The first-order valence-electron chi connectivity index (χ1n) is 8.31. The molecule has 1 amide bonds. The van der Waals surface area contributed by atoms with E-state index in [1.54, 1.807) is 0 Å². The van der Waals surface area contributed by atoms with Gasteiger partial charge in [-0.15, -0.1) is 0 Å². The molecule has 1 aromatic rings. The third-order valence-corrected chi connectivity index (χ3v) is 4.95. The lowest BCUT2D eigenvalue weighted by Crippen LogP contribution is -2.40. The third-order valence-electron chi connectivity index (χ3n) is 4.95. The van der Waals surface area contributed by atoms with Crippen molar-refractivity contribution >= 4 is 11.9 Å². The zero-order valence-electron chi connectivity index (χ0n) is 14.4. The number of rotatable bonds is 5. The zero-order valence-corrected chi connectivity index (χ0v) is 14.4. The SMILES string of the molecule is Cc1nn(C)c(C)c1CC(C)NC(=O)C1CCCC(C(=O)O)C1. The van der Waals surface area contributed by atoms with Crippen molar-refractivity contribution in [1.29, 1.82) is 0 Å². The lowest BCUT2D eigenvalue weighted by Gasteiger charge is -2.27. The second kappa shape index (κ2) is 7.15. The second-order valence-corrected chi connectivity index (χ2v) is 6.79. The predicted octanol–water partition coefficient (Wildman–Crippen LogP) is 1.98. The van der Waals surface area contributed by atoms with Gasteiger partial charge in [0.15, 0.2) is 0 Å². The van der Waals surface area contributed by atoms with Crippen molar-refractivity contribution in [1.82, 2.24) is 15.1 Å². The molecule has 0 radical (unpaired) electrons. The molecule has 6 heteroatoms. The standard InChI is InChI=1S/C17H27N3O3/c1-10(8-15-11(2)19-20(4)12(15)3)18-16(21)13-6-5-7-14(9-13)17(22)23/h10,13-14H,5-9H2,1-4H3,(H,18,21)(H,22,23). The highest BCUT2D eigenvalue weighted by molar-refractivity contribution is 5.80. The van der Waals surface area contributed by atoms with Gasteiger partial charge in [-0.25, -0.2) is 0 Å². The Bertz CT molecular complexity index is 594. The van der Waals surface area contributed by atoms with Crippen LogP contribution in [-0.4, -0.2) is 32.8 Å². The molecular formula is C17H27N3O3. The number of hydrogen-bond acceptors (Lipinski definition) is 3. The minimum absolute atomic E-state index is 0.00862. The molecule has 1 saturated carbocycles. The lowest BCUT2D eigenvalue weighted by atomic mass is 9.81. The molecule has 0 saturated heterocycles. The summed E-state index contributed by atoms with van der Waals surface area (Å²) in [4.78, 5) is 23.5. The maximum Gasteiger partial charge on any atom is 0.306 e. The molecule has 128 valence electrons. The fourth-order valence-corrected chi connectivity index (χ4v) is 3.48. The summed E-state index contributed by atoms with van der Waals surface area (Å²) in [6.45, 7) is 6.00. The number of aromatic nitrogens is 2. The van der Waals surface area contributed by atoms with Crippen molar-refractivity contribution < 1.29 is 14.7 Å². The van der Waals surface area contributed by atoms with Crippen molar-refractivity contribution in [2.45, 2.75) is 58.9 Å². The van der Waals surface area contributed by atoms with E-state index in [2.05, 4.69) is 10.4 Å². The Balaban J connectivity index is 1.93. The highest BCUT2D eigenvalue weighted by Gasteiger charge is 2.31. The molecule has 2 N–H and O–H groups in total. The van der Waals surface area contributed by atoms with E-state index >= 15 is 0 Å². The monoisotopic (exact) mass is 321 g/mol. The van der Waals surface area contributed by atoms with Crippen molar-refractivity contribution in [2.75, 3.05) is 0 Å². The van der Waals surface area contributed by atoms with Gasteiger partial charge in [0, 0.05) is 24.7 Å². The second-order valence-electron chi connectivity index (χ2n) is 6.79. The summed E-state index contributed by atoms with van der Waals surface area (Å²) < 4.78 is 1.86. The third kappa shape index (κ3) is 4.12. The van der Waals surface area contributed by atoms with Gasteiger partial charge in [0.2, 0.25) is 5.91 Å². The predicted molar refractivity (Wildman–Crippen MR) is 87.1 cm³/mol. The number of carboxylic acids is 1. The van der Waals surface area contributed by atoms with E-state index in [0.717, 1.165) is 30.7 Å². The van der Waals surface area contributed by atoms with Gasteiger partial charge in [-0.3, -0.25) is 14.3 Å². The molecule has 0 aliphatic heterocycles. The maximum absolute atomic E-state index is 12.4. The number of nitrogens with zero attached hydrogens (tertiary/aromatic N) is 2. The summed E-state index contributed by atoms with van der Waals surface area (Å²) in [5, 5.41) is 16.6. The van der Waals surface area contributed by atoms with Crippen LogP contribution in [0.3, 0.4) is 0 Å². The van der Waals surface area contributed by atoms with E-state index < -0.39 is 5.97 Å². The first-order valence-corrected chi connectivity index (χ1v) is 8.31. The van der Waals surface area contributed by atoms with Crippen LogP contribution in [0.2, 0.25) is 0 Å². The van der Waals surface area contributed by atoms with Crippen LogP contribution in [0, 0.1) is 25.7 Å². The summed E-state index contributed by atoms with van der Waals surface area (Å²) in [5.74, 6) is -1.35. The Labute approximate surface area is 137 Å². The molecule has 0 spiro atoms. The maximum atomic E-state index is 12.4. The van der Waals surface area contributed by atoms with E-state index in [-0.39, 0.29) is 23.8 Å². The normalized spacial score (nSPS) is 22.6.